The van der Waals surface area contributed by atoms with E-state index in [4.69, 9.17) is 4.74 Å². The van der Waals surface area contributed by atoms with Gasteiger partial charge in [0.15, 0.2) is 0 Å². The summed E-state index contributed by atoms with van der Waals surface area (Å²) < 4.78 is 9.16. The lowest BCUT2D eigenvalue weighted by molar-refractivity contribution is -0.146. The van der Waals surface area contributed by atoms with E-state index in [0.717, 1.165) is 44.7 Å². The van der Waals surface area contributed by atoms with Gasteiger partial charge in [0, 0.05) is 31.0 Å². The maximum absolute atomic E-state index is 13.4. The van der Waals surface area contributed by atoms with Gasteiger partial charge in [0.2, 0.25) is 5.91 Å². The van der Waals surface area contributed by atoms with Crippen LogP contribution < -0.4 is 0 Å². The molecule has 3 heterocycles. The quantitative estimate of drug-likeness (QED) is 0.793. The highest BCUT2D eigenvalue weighted by atomic mass is 16.5. The zero-order chi connectivity index (χ0) is 17.7. The van der Waals surface area contributed by atoms with Gasteiger partial charge in [0.1, 0.15) is 12.2 Å². The minimum atomic E-state index is -0.0445. The minimum Gasteiger partial charge on any atom is -0.383 e. The Morgan fingerprint density at radius 2 is 2.31 bits per heavy atom. The highest BCUT2D eigenvalue weighted by Crippen LogP contribution is 2.64. The molecule has 0 N–H and O–H groups in total. The van der Waals surface area contributed by atoms with Crippen LogP contribution in [0.15, 0.2) is 18.6 Å². The number of aromatic nitrogens is 5. The summed E-state index contributed by atoms with van der Waals surface area (Å²) in [4.78, 5) is 19.7. The molecule has 0 saturated heterocycles. The highest BCUT2D eigenvalue weighted by Gasteiger charge is 2.64. The maximum atomic E-state index is 13.4. The summed E-state index contributed by atoms with van der Waals surface area (Å²) in [5.74, 6) is 1.76. The molecular formula is C18H24N6O2. The molecule has 2 aromatic rings. The van der Waals surface area contributed by atoms with Gasteiger partial charge in [-0.3, -0.25) is 9.48 Å². The highest BCUT2D eigenvalue weighted by molar-refractivity contribution is 5.83. The number of carbonyl (C=O) groups is 1. The Balaban J connectivity index is 1.40. The first kappa shape index (κ1) is 16.0. The van der Waals surface area contributed by atoms with Crippen molar-refractivity contribution in [2.45, 2.75) is 44.3 Å². The molecule has 8 heteroatoms. The van der Waals surface area contributed by atoms with Crippen LogP contribution in [0.5, 0.6) is 0 Å². The molecule has 26 heavy (non-hydrogen) atoms. The fourth-order valence-corrected chi connectivity index (χ4v) is 5.36. The van der Waals surface area contributed by atoms with Gasteiger partial charge in [0.05, 0.1) is 32.2 Å². The van der Waals surface area contributed by atoms with Gasteiger partial charge in [-0.05, 0) is 31.2 Å². The average molecular weight is 356 g/mol. The Hall–Kier alpha value is -2.22. The van der Waals surface area contributed by atoms with E-state index >= 15 is 0 Å². The third kappa shape index (κ3) is 2.17. The molecule has 2 aromatic heterocycles. The predicted octanol–water partition coefficient (Wildman–Crippen LogP) is 0.831. The Morgan fingerprint density at radius 1 is 1.38 bits per heavy atom. The van der Waals surface area contributed by atoms with Gasteiger partial charge in [-0.2, -0.15) is 10.2 Å². The fraction of sp³-hybridized carbons (Fsp3) is 0.667. The summed E-state index contributed by atoms with van der Waals surface area (Å²) >= 11 is 0. The number of amides is 1. The van der Waals surface area contributed by atoms with Gasteiger partial charge in [0.25, 0.3) is 0 Å². The van der Waals surface area contributed by atoms with Gasteiger partial charge < -0.3 is 9.64 Å². The second-order valence-electron chi connectivity index (χ2n) is 7.73. The molecule has 3 atom stereocenters. The molecule has 138 valence electrons. The van der Waals surface area contributed by atoms with Crippen molar-refractivity contribution >= 4 is 5.91 Å². The Bertz CT molecular complexity index is 825. The summed E-state index contributed by atoms with van der Waals surface area (Å²) in [6, 6.07) is 2.10. The number of carbonyl (C=O) groups excluding carboxylic acids is 1. The molecular weight excluding hydrogens is 332 g/mol. The van der Waals surface area contributed by atoms with Crippen LogP contribution in [0.1, 0.15) is 30.8 Å². The van der Waals surface area contributed by atoms with Crippen molar-refractivity contribution < 1.29 is 9.53 Å². The lowest BCUT2D eigenvalue weighted by Gasteiger charge is -2.48. The summed E-state index contributed by atoms with van der Waals surface area (Å²) in [6.07, 6.45) is 6.75. The van der Waals surface area contributed by atoms with Crippen LogP contribution >= 0.6 is 0 Å². The standard InChI is InChI=1S/C18H24N6O2/c1-26-9-8-23-14(3-5-20-23)18-4-2-13(10-18)16(18)17(25)22-6-7-24-15(11-22)19-12-21-24/h3,5,12-13,16H,2,4,6-11H2,1H3. The molecule has 3 aliphatic carbocycles. The number of hydrogen-bond donors (Lipinski definition) is 0. The third-order valence-electron chi connectivity index (χ3n) is 6.58. The zero-order valence-corrected chi connectivity index (χ0v) is 15.0. The molecule has 1 amide bonds. The molecule has 3 fully saturated rings. The number of fused-ring (bicyclic) bond motifs is 2. The predicted molar refractivity (Wildman–Crippen MR) is 92.1 cm³/mol. The first-order valence-corrected chi connectivity index (χ1v) is 9.39. The number of hydrogen-bond acceptors (Lipinski definition) is 5. The molecule has 2 bridgehead atoms. The van der Waals surface area contributed by atoms with Gasteiger partial charge in [-0.25, -0.2) is 9.67 Å². The van der Waals surface area contributed by atoms with Crippen molar-refractivity contribution in [2.24, 2.45) is 11.8 Å². The molecule has 6 rings (SSSR count). The van der Waals surface area contributed by atoms with Gasteiger partial charge in [-0.1, -0.05) is 0 Å². The topological polar surface area (TPSA) is 78.1 Å². The summed E-state index contributed by atoms with van der Waals surface area (Å²) in [7, 11) is 1.71. The van der Waals surface area contributed by atoms with E-state index in [1.807, 2.05) is 20.5 Å². The van der Waals surface area contributed by atoms with E-state index in [-0.39, 0.29) is 17.2 Å². The van der Waals surface area contributed by atoms with Crippen LogP contribution in [0.4, 0.5) is 0 Å². The Kier molecular flexibility index (Phi) is 3.63. The first-order valence-electron chi connectivity index (χ1n) is 9.39. The molecule has 0 spiro atoms. The van der Waals surface area contributed by atoms with Crippen molar-refractivity contribution in [3.8, 4) is 0 Å². The molecule has 0 radical (unpaired) electrons. The molecule has 3 unspecified atom stereocenters. The van der Waals surface area contributed by atoms with E-state index in [0.29, 0.717) is 19.1 Å². The van der Waals surface area contributed by atoms with Crippen LogP contribution in [0, 0.1) is 11.8 Å². The van der Waals surface area contributed by atoms with Crippen molar-refractivity contribution in [2.75, 3.05) is 20.3 Å². The summed E-state index contributed by atoms with van der Waals surface area (Å²) in [6.45, 7) is 3.39. The van der Waals surface area contributed by atoms with Gasteiger partial charge >= 0.3 is 0 Å². The zero-order valence-electron chi connectivity index (χ0n) is 15.0. The van der Waals surface area contributed by atoms with Crippen LogP contribution in [0.2, 0.25) is 0 Å². The van der Waals surface area contributed by atoms with Crippen LogP contribution in [0.25, 0.3) is 0 Å². The lowest BCUT2D eigenvalue weighted by Crippen LogP contribution is -2.55. The minimum absolute atomic E-state index is 0.0445. The number of nitrogens with zero attached hydrogens (tertiary/aromatic N) is 6. The SMILES string of the molecule is COCCn1nccc1C12CCC(C1)C2C(=O)N1CCn2ncnc2C1. The normalized spacial score (nSPS) is 29.5. The van der Waals surface area contributed by atoms with E-state index in [2.05, 4.69) is 21.2 Å². The average Bonchev–Trinajstić information content (AvgIpc) is 3.41. The van der Waals surface area contributed by atoms with Crippen molar-refractivity contribution in [1.82, 2.24) is 29.4 Å². The molecule has 8 nitrogen and oxygen atoms in total. The van der Waals surface area contributed by atoms with Crippen molar-refractivity contribution in [3.63, 3.8) is 0 Å². The first-order chi connectivity index (χ1) is 12.7. The number of rotatable bonds is 5. The summed E-state index contributed by atoms with van der Waals surface area (Å²) in [5, 5.41) is 8.70. The van der Waals surface area contributed by atoms with Crippen LogP contribution in [-0.2, 0) is 34.6 Å². The molecule has 0 aromatic carbocycles. The molecule has 1 aliphatic heterocycles. The Labute approximate surface area is 152 Å². The van der Waals surface area contributed by atoms with Crippen molar-refractivity contribution in [1.29, 1.82) is 0 Å². The van der Waals surface area contributed by atoms with Crippen LogP contribution in [0.3, 0.4) is 0 Å². The third-order valence-corrected chi connectivity index (χ3v) is 6.58. The number of methoxy groups -OCH3 is 1. The maximum Gasteiger partial charge on any atom is 0.227 e. The summed E-state index contributed by atoms with van der Waals surface area (Å²) in [5.41, 5.74) is 1.17. The smallest absolute Gasteiger partial charge is 0.227 e. The van der Waals surface area contributed by atoms with Crippen LogP contribution in [-0.4, -0.2) is 55.6 Å². The fourth-order valence-electron chi connectivity index (χ4n) is 5.36. The van der Waals surface area contributed by atoms with E-state index < -0.39 is 0 Å². The second-order valence-corrected chi connectivity index (χ2v) is 7.73. The van der Waals surface area contributed by atoms with E-state index in [1.54, 1.807) is 13.4 Å². The van der Waals surface area contributed by atoms with Crippen molar-refractivity contribution in [3.05, 3.63) is 30.1 Å². The van der Waals surface area contributed by atoms with E-state index in [9.17, 15) is 4.79 Å². The molecule has 3 saturated carbocycles. The van der Waals surface area contributed by atoms with E-state index in [1.165, 1.54) is 5.69 Å². The molecule has 4 aliphatic rings. The van der Waals surface area contributed by atoms with Gasteiger partial charge in [-0.15, -0.1) is 0 Å². The lowest BCUT2D eigenvalue weighted by atomic mass is 9.58. The number of ether oxygens (including phenoxy) is 1. The largest absolute Gasteiger partial charge is 0.383 e. The Morgan fingerprint density at radius 3 is 3.15 bits per heavy atom. The monoisotopic (exact) mass is 356 g/mol. The second kappa shape index (κ2) is 5.90.